The van der Waals surface area contributed by atoms with E-state index >= 15 is 0 Å². The summed E-state index contributed by atoms with van der Waals surface area (Å²) < 4.78 is 5.40. The molecule has 0 spiro atoms. The van der Waals surface area contributed by atoms with Crippen LogP contribution >= 0.6 is 11.8 Å². The zero-order chi connectivity index (χ0) is 14.4. The van der Waals surface area contributed by atoms with Crippen LogP contribution in [-0.4, -0.2) is 18.9 Å². The van der Waals surface area contributed by atoms with Crippen LogP contribution in [0.4, 0.5) is 0 Å². The molecule has 0 radical (unpaired) electrons. The summed E-state index contributed by atoms with van der Waals surface area (Å²) in [5, 5.41) is 0. The Morgan fingerprint density at radius 2 is 1.90 bits per heavy atom. The molecule has 0 amide bonds. The highest BCUT2D eigenvalue weighted by atomic mass is 32.2. The van der Waals surface area contributed by atoms with Crippen molar-refractivity contribution in [1.82, 2.24) is 0 Å². The van der Waals surface area contributed by atoms with E-state index in [0.717, 1.165) is 17.9 Å². The van der Waals surface area contributed by atoms with Crippen molar-refractivity contribution in [3.05, 3.63) is 59.7 Å². The molecule has 0 saturated heterocycles. The maximum atomic E-state index is 6.25. The van der Waals surface area contributed by atoms with Crippen molar-refractivity contribution in [2.24, 2.45) is 5.73 Å². The number of rotatable bonds is 6. The largest absolute Gasteiger partial charge is 0.496 e. The van der Waals surface area contributed by atoms with E-state index in [1.807, 2.05) is 12.1 Å². The first-order valence-corrected chi connectivity index (χ1v) is 7.74. The van der Waals surface area contributed by atoms with Crippen LogP contribution in [0.2, 0.25) is 0 Å². The van der Waals surface area contributed by atoms with Crippen LogP contribution in [0.1, 0.15) is 11.1 Å². The summed E-state index contributed by atoms with van der Waals surface area (Å²) in [6, 6.07) is 16.7. The molecule has 0 aromatic heterocycles. The minimum absolute atomic E-state index is 0.121. The number of nitrogens with two attached hydrogens (primary N) is 1. The van der Waals surface area contributed by atoms with Crippen molar-refractivity contribution in [3.8, 4) is 5.75 Å². The second-order valence-electron chi connectivity index (χ2n) is 4.90. The van der Waals surface area contributed by atoms with Gasteiger partial charge in [-0.2, -0.15) is 0 Å². The molecule has 2 aromatic carbocycles. The fraction of sp³-hybridized carbons (Fsp3) is 0.294. The molecule has 106 valence electrons. The maximum absolute atomic E-state index is 6.25. The van der Waals surface area contributed by atoms with E-state index in [9.17, 15) is 0 Å². The van der Waals surface area contributed by atoms with Gasteiger partial charge in [0.2, 0.25) is 0 Å². The number of ether oxygens (including phenoxy) is 1. The van der Waals surface area contributed by atoms with Gasteiger partial charge in [0, 0.05) is 16.7 Å². The Kier molecular flexibility index (Phi) is 5.50. The summed E-state index contributed by atoms with van der Waals surface area (Å²) in [6.07, 6.45) is 0.838. The Labute approximate surface area is 125 Å². The summed E-state index contributed by atoms with van der Waals surface area (Å²) in [5.74, 6) is 1.83. The highest BCUT2D eigenvalue weighted by Crippen LogP contribution is 2.23. The van der Waals surface area contributed by atoms with E-state index in [1.54, 1.807) is 18.9 Å². The molecular formula is C17H21NOS. The topological polar surface area (TPSA) is 35.2 Å². The van der Waals surface area contributed by atoms with E-state index in [1.165, 1.54) is 16.0 Å². The van der Waals surface area contributed by atoms with Crippen LogP contribution in [0, 0.1) is 6.92 Å². The molecule has 0 saturated carbocycles. The summed E-state index contributed by atoms with van der Waals surface area (Å²) in [4.78, 5) is 1.26. The summed E-state index contributed by atoms with van der Waals surface area (Å²) in [7, 11) is 1.71. The second kappa shape index (κ2) is 7.36. The van der Waals surface area contributed by atoms with E-state index in [4.69, 9.17) is 10.5 Å². The first-order valence-electron chi connectivity index (χ1n) is 6.76. The van der Waals surface area contributed by atoms with Gasteiger partial charge in [-0.3, -0.25) is 0 Å². The molecule has 0 bridgehead atoms. The zero-order valence-electron chi connectivity index (χ0n) is 12.0. The number of hydrogen-bond donors (Lipinski definition) is 1. The van der Waals surface area contributed by atoms with Crippen molar-refractivity contribution in [1.29, 1.82) is 0 Å². The number of hydrogen-bond acceptors (Lipinski definition) is 3. The minimum atomic E-state index is 0.121. The Morgan fingerprint density at radius 3 is 2.60 bits per heavy atom. The molecule has 1 atom stereocenters. The average Bonchev–Trinajstić information content (AvgIpc) is 2.46. The van der Waals surface area contributed by atoms with Gasteiger partial charge in [-0.1, -0.05) is 35.9 Å². The molecule has 2 rings (SSSR count). The van der Waals surface area contributed by atoms with Gasteiger partial charge in [-0.25, -0.2) is 0 Å². The molecule has 0 fully saturated rings. The van der Waals surface area contributed by atoms with Gasteiger partial charge in [0.1, 0.15) is 5.75 Å². The van der Waals surface area contributed by atoms with Crippen LogP contribution < -0.4 is 10.5 Å². The van der Waals surface area contributed by atoms with Gasteiger partial charge in [-0.15, -0.1) is 11.8 Å². The maximum Gasteiger partial charge on any atom is 0.122 e. The lowest BCUT2D eigenvalue weighted by atomic mass is 10.0. The predicted molar refractivity (Wildman–Crippen MR) is 86.6 cm³/mol. The van der Waals surface area contributed by atoms with Crippen molar-refractivity contribution in [2.45, 2.75) is 24.3 Å². The van der Waals surface area contributed by atoms with Gasteiger partial charge in [0.05, 0.1) is 7.11 Å². The number of methoxy groups -OCH3 is 1. The summed E-state index contributed by atoms with van der Waals surface area (Å²) in [6.45, 7) is 2.09. The third-order valence-electron chi connectivity index (χ3n) is 3.13. The highest BCUT2D eigenvalue weighted by Gasteiger charge is 2.09. The first-order chi connectivity index (χ1) is 9.69. The smallest absolute Gasteiger partial charge is 0.122 e. The quantitative estimate of drug-likeness (QED) is 0.823. The lowest BCUT2D eigenvalue weighted by Gasteiger charge is -2.14. The fourth-order valence-corrected chi connectivity index (χ4v) is 3.00. The Hall–Kier alpha value is -1.45. The van der Waals surface area contributed by atoms with E-state index in [-0.39, 0.29) is 6.04 Å². The van der Waals surface area contributed by atoms with Gasteiger partial charge in [0.25, 0.3) is 0 Å². The normalized spacial score (nSPS) is 12.2. The van der Waals surface area contributed by atoms with E-state index in [2.05, 4.69) is 43.3 Å². The van der Waals surface area contributed by atoms with Crippen LogP contribution in [0.15, 0.2) is 53.4 Å². The fourth-order valence-electron chi connectivity index (χ4n) is 2.13. The third-order valence-corrected chi connectivity index (χ3v) is 4.33. The Bertz CT molecular complexity index is 542. The van der Waals surface area contributed by atoms with Crippen LogP contribution in [0.5, 0.6) is 5.75 Å². The standard InChI is InChI=1S/C17H21NOS/c1-13-8-9-17(19-2)14(10-13)11-15(18)12-20-16-6-4-3-5-7-16/h3-10,15H,11-12,18H2,1-2H3. The van der Waals surface area contributed by atoms with Gasteiger partial charge >= 0.3 is 0 Å². The first kappa shape index (κ1) is 14.9. The average molecular weight is 287 g/mol. The molecule has 0 aliphatic rings. The molecule has 2 aromatic rings. The molecular weight excluding hydrogens is 266 g/mol. The van der Waals surface area contributed by atoms with Gasteiger partial charge < -0.3 is 10.5 Å². The summed E-state index contributed by atoms with van der Waals surface area (Å²) in [5.41, 5.74) is 8.68. The number of aryl methyl sites for hydroxylation is 1. The lowest BCUT2D eigenvalue weighted by Crippen LogP contribution is -2.25. The molecule has 1 unspecified atom stereocenters. The molecule has 2 nitrogen and oxygen atoms in total. The monoisotopic (exact) mass is 287 g/mol. The second-order valence-corrected chi connectivity index (χ2v) is 6.00. The zero-order valence-corrected chi connectivity index (χ0v) is 12.8. The molecule has 20 heavy (non-hydrogen) atoms. The molecule has 0 heterocycles. The number of thioether (sulfide) groups is 1. The van der Waals surface area contributed by atoms with E-state index < -0.39 is 0 Å². The van der Waals surface area contributed by atoms with Crippen molar-refractivity contribution < 1.29 is 4.74 Å². The number of benzene rings is 2. The van der Waals surface area contributed by atoms with Crippen molar-refractivity contribution >= 4 is 11.8 Å². The van der Waals surface area contributed by atoms with Crippen LogP contribution in [0.3, 0.4) is 0 Å². The van der Waals surface area contributed by atoms with Gasteiger partial charge in [0.15, 0.2) is 0 Å². The minimum Gasteiger partial charge on any atom is -0.496 e. The predicted octanol–water partition coefficient (Wildman–Crippen LogP) is 3.67. The van der Waals surface area contributed by atoms with Gasteiger partial charge in [-0.05, 0) is 37.1 Å². The molecule has 0 aliphatic carbocycles. The summed E-state index contributed by atoms with van der Waals surface area (Å²) >= 11 is 1.80. The molecule has 3 heteroatoms. The van der Waals surface area contributed by atoms with Crippen molar-refractivity contribution in [3.63, 3.8) is 0 Å². The highest BCUT2D eigenvalue weighted by molar-refractivity contribution is 7.99. The Morgan fingerprint density at radius 1 is 1.15 bits per heavy atom. The van der Waals surface area contributed by atoms with E-state index in [0.29, 0.717) is 0 Å². The SMILES string of the molecule is COc1ccc(C)cc1CC(N)CSc1ccccc1. The third kappa shape index (κ3) is 4.29. The Balaban J connectivity index is 1.94. The molecule has 0 aliphatic heterocycles. The molecule has 2 N–H and O–H groups in total. The lowest BCUT2D eigenvalue weighted by molar-refractivity contribution is 0.408. The van der Waals surface area contributed by atoms with Crippen molar-refractivity contribution in [2.75, 3.05) is 12.9 Å². The van der Waals surface area contributed by atoms with Crippen LogP contribution in [-0.2, 0) is 6.42 Å². The van der Waals surface area contributed by atoms with Crippen LogP contribution in [0.25, 0.3) is 0 Å².